The average Bonchev–Trinajstić information content (AvgIpc) is 2.58. The van der Waals surface area contributed by atoms with Gasteiger partial charge in [0.25, 0.3) is 0 Å². The number of amides is 2. The van der Waals surface area contributed by atoms with E-state index in [9.17, 15) is 14.7 Å². The molecule has 7 heteroatoms. The summed E-state index contributed by atoms with van der Waals surface area (Å²) in [6.45, 7) is 11.6. The van der Waals surface area contributed by atoms with Crippen molar-refractivity contribution in [2.24, 2.45) is 5.41 Å². The Morgan fingerprint density at radius 1 is 1.18 bits per heavy atom. The van der Waals surface area contributed by atoms with E-state index in [1.54, 1.807) is 9.80 Å². The number of carbonyl (C=O) groups excluding carboxylic acids is 1. The molecule has 2 aliphatic heterocycles. The molecule has 1 aromatic carbocycles. The predicted octanol–water partition coefficient (Wildman–Crippen LogP) is 3.11. The average molecular weight is 389 g/mol. The standard InChI is InChI=1S/C21H31N3O4/c1-20(2,3)21(4)15-22(10-11-24(21)18(25)26)17-12-23(13-17)19(27)28-14-16-8-6-5-7-9-16/h5-9,17H,10-15H2,1-4H3,(H,25,26)/t21-/m1/s1. The van der Waals surface area contributed by atoms with Crippen molar-refractivity contribution < 1.29 is 19.4 Å². The van der Waals surface area contributed by atoms with Gasteiger partial charge in [0.2, 0.25) is 0 Å². The summed E-state index contributed by atoms with van der Waals surface area (Å²) in [6.07, 6.45) is -1.15. The number of carbonyl (C=O) groups is 2. The number of piperazine rings is 1. The monoisotopic (exact) mass is 389 g/mol. The summed E-state index contributed by atoms with van der Waals surface area (Å²) in [6, 6.07) is 9.89. The summed E-state index contributed by atoms with van der Waals surface area (Å²) in [5.74, 6) is 0. The van der Waals surface area contributed by atoms with Gasteiger partial charge >= 0.3 is 12.2 Å². The minimum absolute atomic E-state index is 0.192. The highest BCUT2D eigenvalue weighted by molar-refractivity contribution is 5.69. The zero-order valence-corrected chi connectivity index (χ0v) is 17.2. The van der Waals surface area contributed by atoms with Crippen LogP contribution >= 0.6 is 0 Å². The molecular formula is C21H31N3O4. The van der Waals surface area contributed by atoms with Gasteiger partial charge in [0.1, 0.15) is 6.61 Å². The Morgan fingerprint density at radius 2 is 1.82 bits per heavy atom. The van der Waals surface area contributed by atoms with Crippen LogP contribution in [-0.2, 0) is 11.3 Å². The fourth-order valence-electron chi connectivity index (χ4n) is 3.94. The van der Waals surface area contributed by atoms with Crippen molar-refractivity contribution in [2.45, 2.75) is 45.9 Å². The molecular weight excluding hydrogens is 358 g/mol. The van der Waals surface area contributed by atoms with Gasteiger partial charge in [-0.1, -0.05) is 51.1 Å². The van der Waals surface area contributed by atoms with Gasteiger partial charge in [0, 0.05) is 38.8 Å². The first-order valence-electron chi connectivity index (χ1n) is 9.82. The van der Waals surface area contributed by atoms with Crippen molar-refractivity contribution in [3.8, 4) is 0 Å². The third-order valence-corrected chi connectivity index (χ3v) is 6.41. The lowest BCUT2D eigenvalue weighted by molar-refractivity contribution is -0.0768. The topological polar surface area (TPSA) is 73.3 Å². The Bertz CT molecular complexity index is 712. The molecule has 0 spiro atoms. The Hall–Kier alpha value is -2.28. The summed E-state index contributed by atoms with van der Waals surface area (Å²) < 4.78 is 5.39. The molecule has 2 heterocycles. The number of hydrogen-bond acceptors (Lipinski definition) is 4. The summed E-state index contributed by atoms with van der Waals surface area (Å²) in [4.78, 5) is 29.6. The SMILES string of the molecule is CC(C)(C)[C@@]1(C)CN(C2CN(C(=O)OCc3ccccc3)C2)CCN1C(=O)O. The minimum atomic E-state index is -0.864. The number of carboxylic acid groups (broad SMARTS) is 1. The summed E-state index contributed by atoms with van der Waals surface area (Å²) in [5, 5.41) is 9.64. The second-order valence-electron chi connectivity index (χ2n) is 9.03. The van der Waals surface area contributed by atoms with E-state index >= 15 is 0 Å². The van der Waals surface area contributed by atoms with E-state index in [1.807, 2.05) is 37.3 Å². The lowest BCUT2D eigenvalue weighted by Gasteiger charge is -2.57. The molecule has 154 valence electrons. The number of rotatable bonds is 3. The van der Waals surface area contributed by atoms with Crippen molar-refractivity contribution in [3.63, 3.8) is 0 Å². The molecule has 1 N–H and O–H groups in total. The van der Waals surface area contributed by atoms with Crippen LogP contribution in [0.5, 0.6) is 0 Å². The minimum Gasteiger partial charge on any atom is -0.465 e. The van der Waals surface area contributed by atoms with E-state index in [4.69, 9.17) is 4.74 Å². The number of nitrogens with zero attached hydrogens (tertiary/aromatic N) is 3. The van der Waals surface area contributed by atoms with E-state index in [2.05, 4.69) is 25.7 Å². The lowest BCUT2D eigenvalue weighted by atomic mass is 9.72. The normalized spacial score (nSPS) is 24.0. The molecule has 0 radical (unpaired) electrons. The molecule has 28 heavy (non-hydrogen) atoms. The maximum absolute atomic E-state index is 12.3. The zero-order valence-electron chi connectivity index (χ0n) is 17.2. The van der Waals surface area contributed by atoms with Crippen molar-refractivity contribution in [3.05, 3.63) is 35.9 Å². The number of likely N-dealkylation sites (tertiary alicyclic amines) is 1. The van der Waals surface area contributed by atoms with Gasteiger partial charge < -0.3 is 14.7 Å². The van der Waals surface area contributed by atoms with Crippen LogP contribution in [-0.4, -0.2) is 76.3 Å². The summed E-state index contributed by atoms with van der Waals surface area (Å²) in [7, 11) is 0. The van der Waals surface area contributed by atoms with Crippen LogP contribution in [0.15, 0.2) is 30.3 Å². The van der Waals surface area contributed by atoms with Crippen LogP contribution in [0, 0.1) is 5.41 Å². The summed E-state index contributed by atoms with van der Waals surface area (Å²) >= 11 is 0. The first-order chi connectivity index (χ1) is 13.1. The Balaban J connectivity index is 1.54. The molecule has 0 aliphatic carbocycles. The van der Waals surface area contributed by atoms with Gasteiger partial charge in [0.15, 0.2) is 0 Å². The maximum atomic E-state index is 12.3. The van der Waals surface area contributed by atoms with E-state index in [-0.39, 0.29) is 24.2 Å². The smallest absolute Gasteiger partial charge is 0.410 e. The van der Waals surface area contributed by atoms with Crippen LogP contribution in [0.25, 0.3) is 0 Å². The maximum Gasteiger partial charge on any atom is 0.410 e. The number of ether oxygens (including phenoxy) is 1. The van der Waals surface area contributed by atoms with Crippen LogP contribution < -0.4 is 0 Å². The predicted molar refractivity (Wildman–Crippen MR) is 106 cm³/mol. The molecule has 0 saturated carbocycles. The molecule has 0 bridgehead atoms. The Labute approximate surface area is 166 Å². The first-order valence-corrected chi connectivity index (χ1v) is 9.82. The molecule has 2 saturated heterocycles. The van der Waals surface area contributed by atoms with Gasteiger partial charge in [-0.3, -0.25) is 9.80 Å². The second-order valence-corrected chi connectivity index (χ2v) is 9.03. The molecule has 0 aromatic heterocycles. The molecule has 0 unspecified atom stereocenters. The fraction of sp³-hybridized carbons (Fsp3) is 0.619. The van der Waals surface area contributed by atoms with Gasteiger partial charge in [-0.25, -0.2) is 9.59 Å². The van der Waals surface area contributed by atoms with Crippen molar-refractivity contribution >= 4 is 12.2 Å². The van der Waals surface area contributed by atoms with Gasteiger partial charge in [-0.05, 0) is 17.9 Å². The molecule has 1 atom stereocenters. The molecule has 3 rings (SSSR count). The Kier molecular flexibility index (Phi) is 5.57. The number of benzene rings is 1. The molecule has 2 aliphatic rings. The van der Waals surface area contributed by atoms with Crippen LogP contribution in [0.4, 0.5) is 9.59 Å². The van der Waals surface area contributed by atoms with Crippen molar-refractivity contribution in [2.75, 3.05) is 32.7 Å². The highest BCUT2D eigenvalue weighted by atomic mass is 16.6. The highest BCUT2D eigenvalue weighted by Crippen LogP contribution is 2.39. The van der Waals surface area contributed by atoms with Gasteiger partial charge in [0.05, 0.1) is 5.54 Å². The van der Waals surface area contributed by atoms with Crippen LogP contribution in [0.2, 0.25) is 0 Å². The lowest BCUT2D eigenvalue weighted by Crippen LogP contribution is -2.72. The molecule has 7 nitrogen and oxygen atoms in total. The molecule has 2 fully saturated rings. The van der Waals surface area contributed by atoms with E-state index in [0.29, 0.717) is 32.7 Å². The largest absolute Gasteiger partial charge is 0.465 e. The van der Waals surface area contributed by atoms with Gasteiger partial charge in [-0.15, -0.1) is 0 Å². The molecule has 1 aromatic rings. The highest BCUT2D eigenvalue weighted by Gasteiger charge is 2.51. The second kappa shape index (κ2) is 7.62. The first kappa shape index (κ1) is 20.5. The van der Waals surface area contributed by atoms with E-state index < -0.39 is 11.6 Å². The van der Waals surface area contributed by atoms with Crippen LogP contribution in [0.1, 0.15) is 33.3 Å². The Morgan fingerprint density at radius 3 is 2.39 bits per heavy atom. The van der Waals surface area contributed by atoms with Crippen molar-refractivity contribution in [1.29, 1.82) is 0 Å². The van der Waals surface area contributed by atoms with E-state index in [1.165, 1.54) is 0 Å². The zero-order chi connectivity index (χ0) is 20.5. The quantitative estimate of drug-likeness (QED) is 0.860. The third kappa shape index (κ3) is 3.94. The third-order valence-electron chi connectivity index (χ3n) is 6.41. The van der Waals surface area contributed by atoms with E-state index in [0.717, 1.165) is 5.56 Å². The number of hydrogen-bond donors (Lipinski definition) is 1. The summed E-state index contributed by atoms with van der Waals surface area (Å²) in [5.41, 5.74) is 0.298. The van der Waals surface area contributed by atoms with Crippen LogP contribution in [0.3, 0.4) is 0 Å². The fourth-order valence-corrected chi connectivity index (χ4v) is 3.94. The van der Waals surface area contributed by atoms with Gasteiger partial charge in [-0.2, -0.15) is 0 Å². The van der Waals surface area contributed by atoms with Crippen molar-refractivity contribution in [1.82, 2.24) is 14.7 Å². The molecule has 2 amide bonds.